The molecule has 0 radical (unpaired) electrons. The van der Waals surface area contributed by atoms with E-state index in [1.54, 1.807) is 31.4 Å². The van der Waals surface area contributed by atoms with E-state index < -0.39 is 0 Å². The van der Waals surface area contributed by atoms with E-state index in [-0.39, 0.29) is 11.0 Å². The van der Waals surface area contributed by atoms with Crippen LogP contribution in [0.1, 0.15) is 15.9 Å². The highest BCUT2D eigenvalue weighted by Crippen LogP contribution is 2.16. The smallest absolute Gasteiger partial charge is 0.257 e. The minimum absolute atomic E-state index is 0.216. The Bertz CT molecular complexity index is 993. The van der Waals surface area contributed by atoms with Gasteiger partial charge in [0.1, 0.15) is 18.1 Å². The van der Waals surface area contributed by atoms with Gasteiger partial charge in [-0.3, -0.25) is 10.1 Å². The Morgan fingerprint density at radius 1 is 0.812 bits per heavy atom. The van der Waals surface area contributed by atoms with Gasteiger partial charge in [0, 0.05) is 24.8 Å². The van der Waals surface area contributed by atoms with Crippen LogP contribution in [0.3, 0.4) is 0 Å². The highest BCUT2D eigenvalue weighted by molar-refractivity contribution is 7.80. The molecule has 0 saturated carbocycles. The fourth-order valence-corrected chi connectivity index (χ4v) is 3.06. The second-order valence-electron chi connectivity index (χ2n) is 6.88. The van der Waals surface area contributed by atoms with Crippen LogP contribution in [0.15, 0.2) is 78.9 Å². The molecule has 3 aromatic rings. The topological polar surface area (TPSA) is 68.8 Å². The van der Waals surface area contributed by atoms with Crippen molar-refractivity contribution in [2.24, 2.45) is 0 Å². The van der Waals surface area contributed by atoms with Crippen LogP contribution in [0.5, 0.6) is 11.5 Å². The van der Waals surface area contributed by atoms with Crippen LogP contribution in [-0.4, -0.2) is 38.0 Å². The zero-order valence-corrected chi connectivity index (χ0v) is 18.7. The summed E-state index contributed by atoms with van der Waals surface area (Å²) < 4.78 is 16.2. The van der Waals surface area contributed by atoms with Gasteiger partial charge < -0.3 is 19.5 Å². The third-order valence-electron chi connectivity index (χ3n) is 4.51. The Hall–Kier alpha value is -3.42. The Kier molecular flexibility index (Phi) is 9.04. The first-order valence-electron chi connectivity index (χ1n) is 10.2. The fraction of sp³-hybridized carbons (Fsp3) is 0.200. The molecular weight excluding hydrogens is 424 g/mol. The average Bonchev–Trinajstić information content (AvgIpc) is 2.81. The van der Waals surface area contributed by atoms with Gasteiger partial charge in [0.15, 0.2) is 5.11 Å². The van der Waals surface area contributed by atoms with E-state index in [2.05, 4.69) is 22.8 Å². The molecule has 6 nitrogen and oxygen atoms in total. The third-order valence-corrected chi connectivity index (χ3v) is 4.72. The minimum Gasteiger partial charge on any atom is -0.493 e. The second kappa shape index (κ2) is 12.4. The van der Waals surface area contributed by atoms with Gasteiger partial charge in [-0.1, -0.05) is 30.3 Å². The van der Waals surface area contributed by atoms with Gasteiger partial charge in [0.25, 0.3) is 5.91 Å². The van der Waals surface area contributed by atoms with Gasteiger partial charge in [-0.15, -0.1) is 0 Å². The number of ether oxygens (including phenoxy) is 3. The molecule has 1 amide bonds. The summed E-state index contributed by atoms with van der Waals surface area (Å²) in [5.74, 6) is 1.14. The molecule has 3 rings (SSSR count). The van der Waals surface area contributed by atoms with Crippen LogP contribution in [0.25, 0.3) is 0 Å². The zero-order chi connectivity index (χ0) is 22.6. The number of benzene rings is 3. The van der Waals surface area contributed by atoms with Crippen molar-refractivity contribution in [2.45, 2.75) is 6.42 Å². The van der Waals surface area contributed by atoms with Gasteiger partial charge in [-0.05, 0) is 66.3 Å². The van der Waals surface area contributed by atoms with Crippen molar-refractivity contribution in [3.8, 4) is 11.5 Å². The molecule has 2 N–H and O–H groups in total. The van der Waals surface area contributed by atoms with Crippen molar-refractivity contribution >= 4 is 28.9 Å². The molecule has 7 heteroatoms. The van der Waals surface area contributed by atoms with Gasteiger partial charge in [0.05, 0.1) is 13.2 Å². The molecule has 0 heterocycles. The standard InChI is InChI=1S/C25H26N2O4S/c1-29-17-18-31-22-11-7-20(8-12-22)24(28)27-25(32)26-21-9-13-23(14-10-21)30-16-15-19-5-3-2-4-6-19/h2-14H,15-18H2,1H3,(H2,26,27,28,32). The summed E-state index contributed by atoms with van der Waals surface area (Å²) in [6.07, 6.45) is 0.844. The molecule has 0 spiro atoms. The van der Waals surface area contributed by atoms with E-state index >= 15 is 0 Å². The maximum absolute atomic E-state index is 12.4. The summed E-state index contributed by atoms with van der Waals surface area (Å²) in [6, 6.07) is 24.5. The molecule has 0 fully saturated rings. The molecule has 0 unspecified atom stereocenters. The predicted octanol–water partition coefficient (Wildman–Crippen LogP) is 4.46. The van der Waals surface area contributed by atoms with E-state index in [0.717, 1.165) is 17.9 Å². The van der Waals surface area contributed by atoms with Crippen LogP contribution in [0, 0.1) is 0 Å². The van der Waals surface area contributed by atoms with Gasteiger partial charge >= 0.3 is 0 Å². The summed E-state index contributed by atoms with van der Waals surface area (Å²) >= 11 is 5.25. The normalized spacial score (nSPS) is 10.3. The number of nitrogens with one attached hydrogen (secondary N) is 2. The van der Waals surface area contributed by atoms with E-state index in [9.17, 15) is 4.79 Å². The molecule has 166 valence electrons. The monoisotopic (exact) mass is 450 g/mol. The lowest BCUT2D eigenvalue weighted by atomic mass is 10.2. The van der Waals surface area contributed by atoms with Crippen LogP contribution in [0.2, 0.25) is 0 Å². The van der Waals surface area contributed by atoms with Crippen LogP contribution < -0.4 is 20.1 Å². The first-order chi connectivity index (χ1) is 15.6. The quantitative estimate of drug-likeness (QED) is 0.351. The van der Waals surface area contributed by atoms with E-state index in [1.807, 2.05) is 42.5 Å². The number of rotatable bonds is 10. The third kappa shape index (κ3) is 7.68. The number of methoxy groups -OCH3 is 1. The largest absolute Gasteiger partial charge is 0.493 e. The van der Waals surface area contributed by atoms with Crippen molar-refractivity contribution in [1.29, 1.82) is 0 Å². The average molecular weight is 451 g/mol. The maximum Gasteiger partial charge on any atom is 0.257 e. The van der Waals surface area contributed by atoms with Crippen molar-refractivity contribution < 1.29 is 19.0 Å². The molecule has 0 atom stereocenters. The van der Waals surface area contributed by atoms with Crippen molar-refractivity contribution in [2.75, 3.05) is 32.2 Å². The van der Waals surface area contributed by atoms with Gasteiger partial charge in [-0.2, -0.15) is 0 Å². The lowest BCUT2D eigenvalue weighted by molar-refractivity contribution is 0.0977. The number of amides is 1. The summed E-state index contributed by atoms with van der Waals surface area (Å²) in [5, 5.41) is 5.89. The summed E-state index contributed by atoms with van der Waals surface area (Å²) in [7, 11) is 1.61. The predicted molar refractivity (Wildman–Crippen MR) is 130 cm³/mol. The lowest BCUT2D eigenvalue weighted by Crippen LogP contribution is -2.34. The Labute approximate surface area is 193 Å². The number of anilines is 1. The minimum atomic E-state index is -0.299. The van der Waals surface area contributed by atoms with Crippen molar-refractivity contribution in [1.82, 2.24) is 5.32 Å². The Morgan fingerprint density at radius 2 is 1.44 bits per heavy atom. The highest BCUT2D eigenvalue weighted by Gasteiger charge is 2.08. The molecule has 0 aliphatic carbocycles. The lowest BCUT2D eigenvalue weighted by Gasteiger charge is -2.11. The molecular formula is C25H26N2O4S. The number of thiocarbonyl (C=S) groups is 1. The first-order valence-corrected chi connectivity index (χ1v) is 10.7. The van der Waals surface area contributed by atoms with Crippen molar-refractivity contribution in [3.05, 3.63) is 90.0 Å². The number of carbonyl (C=O) groups is 1. The number of carbonyl (C=O) groups excluding carboxylic acids is 1. The van der Waals surface area contributed by atoms with Crippen LogP contribution in [0.4, 0.5) is 5.69 Å². The van der Waals surface area contributed by atoms with E-state index in [1.165, 1.54) is 5.56 Å². The Morgan fingerprint density at radius 3 is 2.09 bits per heavy atom. The summed E-state index contributed by atoms with van der Waals surface area (Å²) in [5.41, 5.74) is 2.48. The second-order valence-corrected chi connectivity index (χ2v) is 7.29. The van der Waals surface area contributed by atoms with Crippen LogP contribution in [-0.2, 0) is 11.2 Å². The molecule has 32 heavy (non-hydrogen) atoms. The molecule has 0 aliphatic rings. The first kappa shape index (κ1) is 23.2. The van der Waals surface area contributed by atoms with Crippen LogP contribution >= 0.6 is 12.2 Å². The molecule has 0 aromatic heterocycles. The maximum atomic E-state index is 12.4. The van der Waals surface area contributed by atoms with Crippen molar-refractivity contribution in [3.63, 3.8) is 0 Å². The van der Waals surface area contributed by atoms with E-state index in [4.69, 9.17) is 26.4 Å². The zero-order valence-electron chi connectivity index (χ0n) is 17.9. The fourth-order valence-electron chi connectivity index (χ4n) is 2.85. The van der Waals surface area contributed by atoms with Gasteiger partial charge in [-0.25, -0.2) is 0 Å². The highest BCUT2D eigenvalue weighted by atomic mass is 32.1. The Balaban J connectivity index is 1.42. The molecule has 0 saturated heterocycles. The molecule has 0 aliphatic heterocycles. The van der Waals surface area contributed by atoms with Gasteiger partial charge in [0.2, 0.25) is 0 Å². The summed E-state index contributed by atoms with van der Waals surface area (Å²) in [4.78, 5) is 12.4. The molecule has 3 aromatic carbocycles. The molecule has 0 bridgehead atoms. The summed E-state index contributed by atoms with van der Waals surface area (Å²) in [6.45, 7) is 1.55. The SMILES string of the molecule is COCCOc1ccc(C(=O)NC(=S)Nc2ccc(OCCc3ccccc3)cc2)cc1. The number of hydrogen-bond donors (Lipinski definition) is 2. The number of hydrogen-bond acceptors (Lipinski definition) is 5. The van der Waals surface area contributed by atoms with E-state index in [0.29, 0.717) is 31.1 Å².